The van der Waals surface area contributed by atoms with Crippen molar-refractivity contribution in [1.29, 1.82) is 0 Å². The number of benzene rings is 1. The van der Waals surface area contributed by atoms with E-state index in [0.29, 0.717) is 0 Å². The van der Waals surface area contributed by atoms with Gasteiger partial charge in [0.05, 0.1) is 6.04 Å². The highest BCUT2D eigenvalue weighted by Crippen LogP contribution is 2.23. The number of nitrogens with zero attached hydrogens (tertiary/aromatic N) is 1. The molecule has 1 aromatic rings. The monoisotopic (exact) mass is 373 g/mol. The highest BCUT2D eigenvalue weighted by atomic mass is 16.5. The van der Waals surface area contributed by atoms with Crippen molar-refractivity contribution < 1.29 is 14.3 Å². The van der Waals surface area contributed by atoms with Crippen molar-refractivity contribution in [2.24, 2.45) is 0 Å². The zero-order valence-electron chi connectivity index (χ0n) is 16.4. The molecule has 2 aliphatic rings. The van der Waals surface area contributed by atoms with Crippen molar-refractivity contribution in [3.63, 3.8) is 0 Å². The quantitative estimate of drug-likeness (QED) is 0.828. The maximum absolute atomic E-state index is 13.0. The van der Waals surface area contributed by atoms with Gasteiger partial charge in [-0.1, -0.05) is 43.2 Å². The highest BCUT2D eigenvalue weighted by molar-refractivity contribution is 5.86. The Hall–Kier alpha value is -1.92. The molecule has 0 spiro atoms. The molecule has 1 aromatic carbocycles. The van der Waals surface area contributed by atoms with Crippen molar-refractivity contribution in [2.75, 3.05) is 26.2 Å². The minimum absolute atomic E-state index is 0.0893. The van der Waals surface area contributed by atoms with Crippen LogP contribution < -0.4 is 10.6 Å². The molecule has 0 saturated carbocycles. The van der Waals surface area contributed by atoms with Crippen LogP contribution in [0.25, 0.3) is 0 Å². The molecule has 0 radical (unpaired) electrons. The number of hydrogen-bond donors (Lipinski definition) is 2. The van der Waals surface area contributed by atoms with Gasteiger partial charge < -0.3 is 20.3 Å². The van der Waals surface area contributed by atoms with Crippen LogP contribution in [0.5, 0.6) is 0 Å². The Balaban J connectivity index is 1.66. The fraction of sp³-hybridized carbons (Fsp3) is 0.619. The van der Waals surface area contributed by atoms with Crippen LogP contribution in [0.2, 0.25) is 0 Å². The topological polar surface area (TPSA) is 70.7 Å². The number of carbonyl (C=O) groups excluding carboxylic acids is 2. The van der Waals surface area contributed by atoms with Crippen LogP contribution in [0.3, 0.4) is 0 Å². The van der Waals surface area contributed by atoms with Crippen molar-refractivity contribution in [3.8, 4) is 0 Å². The molecule has 0 aliphatic carbocycles. The van der Waals surface area contributed by atoms with Crippen molar-refractivity contribution in [1.82, 2.24) is 15.5 Å². The summed E-state index contributed by atoms with van der Waals surface area (Å²) >= 11 is 0. The first-order valence-corrected chi connectivity index (χ1v) is 9.95. The second-order valence-corrected chi connectivity index (χ2v) is 8.25. The maximum atomic E-state index is 13.0. The third-order valence-electron chi connectivity index (χ3n) is 5.21. The second-order valence-electron chi connectivity index (χ2n) is 8.25. The molecule has 0 unspecified atom stereocenters. The average molecular weight is 373 g/mol. The second kappa shape index (κ2) is 8.85. The Labute approximate surface area is 161 Å². The van der Waals surface area contributed by atoms with E-state index in [9.17, 15) is 9.59 Å². The van der Waals surface area contributed by atoms with Gasteiger partial charge in [0.2, 0.25) is 5.91 Å². The Morgan fingerprint density at radius 1 is 1.19 bits per heavy atom. The molecular weight excluding hydrogens is 342 g/mol. The van der Waals surface area contributed by atoms with Gasteiger partial charge in [-0.25, -0.2) is 0 Å². The van der Waals surface area contributed by atoms with Crippen molar-refractivity contribution in [3.05, 3.63) is 35.9 Å². The lowest BCUT2D eigenvalue weighted by atomic mass is 9.97. The molecule has 2 aliphatic heterocycles. The standard InChI is InChI=1S/C21H31N3O3/c1-21(2,15-24-12-8-3-4-9-13-24)23-20(26)19-18(22-17(25)14-27-19)16-10-6-5-7-11-16/h5-7,10-11,18-19H,3-4,8-9,12-15H2,1-2H3,(H,22,25)(H,23,26)/t18-,19+/m1/s1. The first kappa shape index (κ1) is 19.8. The van der Waals surface area contributed by atoms with Crippen molar-refractivity contribution >= 4 is 11.8 Å². The number of rotatable bonds is 5. The largest absolute Gasteiger partial charge is 0.356 e. The Bertz CT molecular complexity index is 639. The lowest BCUT2D eigenvalue weighted by Crippen LogP contribution is -2.58. The van der Waals surface area contributed by atoms with Crippen LogP contribution in [0.1, 0.15) is 51.1 Å². The lowest BCUT2D eigenvalue weighted by molar-refractivity contribution is -0.149. The number of likely N-dealkylation sites (tertiary alicyclic amines) is 1. The fourth-order valence-electron chi connectivity index (χ4n) is 4.00. The minimum Gasteiger partial charge on any atom is -0.356 e. The Kier molecular flexibility index (Phi) is 6.50. The summed E-state index contributed by atoms with van der Waals surface area (Å²) in [7, 11) is 0. The normalized spacial score (nSPS) is 24.7. The number of carbonyl (C=O) groups is 2. The first-order chi connectivity index (χ1) is 12.9. The number of nitrogens with one attached hydrogen (secondary N) is 2. The average Bonchev–Trinajstić information content (AvgIpc) is 2.90. The number of morpholine rings is 1. The minimum atomic E-state index is -0.728. The summed E-state index contributed by atoms with van der Waals surface area (Å²) in [5.74, 6) is -0.375. The summed E-state index contributed by atoms with van der Waals surface area (Å²) in [6.45, 7) is 7.00. The Morgan fingerprint density at radius 2 is 1.85 bits per heavy atom. The summed E-state index contributed by atoms with van der Waals surface area (Å²) in [4.78, 5) is 27.3. The zero-order valence-corrected chi connectivity index (χ0v) is 16.4. The van der Waals surface area contributed by atoms with E-state index in [2.05, 4.69) is 29.4 Å². The van der Waals surface area contributed by atoms with E-state index < -0.39 is 12.1 Å². The summed E-state index contributed by atoms with van der Waals surface area (Å²) in [5, 5.41) is 6.06. The van der Waals surface area contributed by atoms with Crippen LogP contribution in [-0.4, -0.2) is 54.6 Å². The molecule has 2 heterocycles. The zero-order chi connectivity index (χ0) is 19.3. The van der Waals surface area contributed by atoms with Gasteiger partial charge in [-0.2, -0.15) is 0 Å². The fourth-order valence-corrected chi connectivity index (χ4v) is 4.00. The molecule has 2 saturated heterocycles. The van der Waals surface area contributed by atoms with Gasteiger partial charge in [-0.05, 0) is 45.3 Å². The molecular formula is C21H31N3O3. The van der Waals surface area contributed by atoms with E-state index >= 15 is 0 Å². The molecule has 0 aromatic heterocycles. The van der Waals surface area contributed by atoms with Crippen LogP contribution in [0.15, 0.2) is 30.3 Å². The maximum Gasteiger partial charge on any atom is 0.252 e. The molecule has 6 nitrogen and oxygen atoms in total. The van der Waals surface area contributed by atoms with Crippen LogP contribution in [0, 0.1) is 0 Å². The lowest BCUT2D eigenvalue weighted by Gasteiger charge is -2.37. The van der Waals surface area contributed by atoms with Crippen LogP contribution in [0.4, 0.5) is 0 Å². The van der Waals surface area contributed by atoms with Gasteiger partial charge in [0.1, 0.15) is 6.61 Å². The van der Waals surface area contributed by atoms with Gasteiger partial charge in [0.15, 0.2) is 6.10 Å². The molecule has 2 N–H and O–H groups in total. The van der Waals surface area contributed by atoms with Crippen LogP contribution >= 0.6 is 0 Å². The molecule has 2 fully saturated rings. The summed E-state index contributed by atoms with van der Waals surface area (Å²) in [5.41, 5.74) is 0.504. The predicted molar refractivity (Wildman–Crippen MR) is 104 cm³/mol. The van der Waals surface area contributed by atoms with Gasteiger partial charge in [0, 0.05) is 12.1 Å². The van der Waals surface area contributed by atoms with E-state index in [0.717, 1.165) is 25.2 Å². The third-order valence-corrected chi connectivity index (χ3v) is 5.21. The van der Waals surface area contributed by atoms with E-state index in [-0.39, 0.29) is 24.0 Å². The molecule has 0 bridgehead atoms. The van der Waals surface area contributed by atoms with E-state index in [1.807, 2.05) is 30.3 Å². The summed E-state index contributed by atoms with van der Waals surface area (Å²) in [6, 6.07) is 9.04. The molecule has 6 heteroatoms. The number of hydrogen-bond acceptors (Lipinski definition) is 4. The summed E-state index contributed by atoms with van der Waals surface area (Å²) < 4.78 is 5.64. The van der Waals surface area contributed by atoms with Gasteiger partial charge in [0.25, 0.3) is 5.91 Å². The number of ether oxygens (including phenoxy) is 1. The molecule has 3 rings (SSSR count). The molecule has 2 atom stereocenters. The van der Waals surface area contributed by atoms with E-state index in [1.165, 1.54) is 25.7 Å². The van der Waals surface area contributed by atoms with Gasteiger partial charge >= 0.3 is 0 Å². The molecule has 148 valence electrons. The van der Waals surface area contributed by atoms with Gasteiger partial charge in [-0.15, -0.1) is 0 Å². The van der Waals surface area contributed by atoms with Crippen LogP contribution in [-0.2, 0) is 14.3 Å². The first-order valence-electron chi connectivity index (χ1n) is 9.95. The van der Waals surface area contributed by atoms with E-state index in [1.54, 1.807) is 0 Å². The molecule has 2 amide bonds. The van der Waals surface area contributed by atoms with Gasteiger partial charge in [-0.3, -0.25) is 9.59 Å². The smallest absolute Gasteiger partial charge is 0.252 e. The number of amides is 2. The SMILES string of the molecule is CC(C)(CN1CCCCCC1)NC(=O)[C@H]1OCC(=O)N[C@@H]1c1ccccc1. The summed E-state index contributed by atoms with van der Waals surface area (Å²) in [6.07, 6.45) is 4.29. The predicted octanol–water partition coefficient (Wildman–Crippen LogP) is 2.01. The highest BCUT2D eigenvalue weighted by Gasteiger charge is 2.38. The molecule has 27 heavy (non-hydrogen) atoms. The third kappa shape index (κ3) is 5.53. The van der Waals surface area contributed by atoms with E-state index in [4.69, 9.17) is 4.74 Å². The Morgan fingerprint density at radius 3 is 2.52 bits per heavy atom. The van der Waals surface area contributed by atoms with Crippen molar-refractivity contribution in [2.45, 2.75) is 57.2 Å².